The van der Waals surface area contributed by atoms with Crippen LogP contribution >= 0.6 is 11.3 Å². The van der Waals surface area contributed by atoms with Crippen LogP contribution < -0.4 is 15.4 Å². The minimum atomic E-state index is -3.78. The Bertz CT molecular complexity index is 1190. The first-order chi connectivity index (χ1) is 15.2. The predicted molar refractivity (Wildman–Crippen MR) is 125 cm³/mol. The van der Waals surface area contributed by atoms with E-state index >= 15 is 0 Å². The number of carbonyl (C=O) groups excluding carboxylic acids is 2. The number of hydrogen-bond donors (Lipinski definition) is 3. The Balaban J connectivity index is 1.68. The second kappa shape index (κ2) is 9.92. The summed E-state index contributed by atoms with van der Waals surface area (Å²) >= 11 is 1.17. The third-order valence-corrected chi connectivity index (χ3v) is 6.77. The lowest BCUT2D eigenvalue weighted by molar-refractivity contribution is -0.118. The quantitative estimate of drug-likeness (QED) is 0.463. The van der Waals surface area contributed by atoms with Gasteiger partial charge in [0.15, 0.2) is 5.13 Å². The van der Waals surface area contributed by atoms with E-state index < -0.39 is 22.0 Å². The van der Waals surface area contributed by atoms with E-state index in [1.165, 1.54) is 41.8 Å². The molecule has 10 heteroatoms. The van der Waals surface area contributed by atoms with Crippen LogP contribution in [0.25, 0.3) is 0 Å². The normalized spacial score (nSPS) is 12.2. The van der Waals surface area contributed by atoms with Gasteiger partial charge in [0.2, 0.25) is 5.91 Å². The molecule has 0 saturated heterocycles. The molecule has 0 aliphatic rings. The smallest absolute Gasteiger partial charge is 0.263 e. The third-order valence-electron chi connectivity index (χ3n) is 4.60. The van der Waals surface area contributed by atoms with Gasteiger partial charge in [0, 0.05) is 22.8 Å². The zero-order valence-electron chi connectivity index (χ0n) is 17.8. The third kappa shape index (κ3) is 5.92. The monoisotopic (exact) mass is 472 g/mol. The molecule has 0 spiro atoms. The molecule has 0 saturated carbocycles. The highest BCUT2D eigenvalue weighted by molar-refractivity contribution is 7.93. The van der Waals surface area contributed by atoms with Crippen molar-refractivity contribution in [2.75, 3.05) is 10.0 Å². The predicted octanol–water partition coefficient (Wildman–Crippen LogP) is 3.65. The van der Waals surface area contributed by atoms with Crippen LogP contribution in [0.3, 0.4) is 0 Å². The first-order valence-electron chi connectivity index (χ1n) is 9.86. The van der Waals surface area contributed by atoms with Crippen molar-refractivity contribution in [2.45, 2.75) is 31.7 Å². The molecule has 3 N–H and O–H groups in total. The lowest BCUT2D eigenvalue weighted by Gasteiger charge is -2.22. The van der Waals surface area contributed by atoms with Crippen molar-refractivity contribution in [3.63, 3.8) is 0 Å². The zero-order valence-corrected chi connectivity index (χ0v) is 19.5. The summed E-state index contributed by atoms with van der Waals surface area (Å²) in [5, 5.41) is 7.45. The number of benzene rings is 2. The van der Waals surface area contributed by atoms with Crippen LogP contribution in [0, 0.1) is 12.8 Å². The van der Waals surface area contributed by atoms with E-state index in [1.54, 1.807) is 23.6 Å². The standard InChI is InChI=1S/C22H24N4O4S2/c1-14(2)19(25-20(27)16-6-4-5-15(3)13-16)21(28)24-17-7-9-18(10-8-17)32(29,30)26-22-23-11-12-31-22/h4-14,19H,1-3H3,(H,23,26)(H,24,28)(H,25,27)/t19-/m1/s1. The highest BCUT2D eigenvalue weighted by Gasteiger charge is 2.25. The van der Waals surface area contributed by atoms with Crippen LogP contribution in [0.15, 0.2) is 65.0 Å². The maximum atomic E-state index is 12.8. The van der Waals surface area contributed by atoms with Crippen molar-refractivity contribution in [3.05, 3.63) is 71.2 Å². The van der Waals surface area contributed by atoms with E-state index in [2.05, 4.69) is 20.3 Å². The molecule has 32 heavy (non-hydrogen) atoms. The van der Waals surface area contributed by atoms with Gasteiger partial charge in [-0.25, -0.2) is 13.4 Å². The van der Waals surface area contributed by atoms with Crippen LogP contribution in [0.5, 0.6) is 0 Å². The second-order valence-electron chi connectivity index (χ2n) is 7.52. The van der Waals surface area contributed by atoms with Gasteiger partial charge in [-0.3, -0.25) is 14.3 Å². The Morgan fingerprint density at radius 3 is 2.38 bits per heavy atom. The second-order valence-corrected chi connectivity index (χ2v) is 10.1. The SMILES string of the molecule is Cc1cccc(C(=O)N[C@@H](C(=O)Nc2ccc(S(=O)(=O)Nc3nccs3)cc2)C(C)C)c1. The van der Waals surface area contributed by atoms with Crippen molar-refractivity contribution >= 4 is 44.0 Å². The van der Waals surface area contributed by atoms with Crippen molar-refractivity contribution < 1.29 is 18.0 Å². The lowest BCUT2D eigenvalue weighted by Crippen LogP contribution is -2.47. The fraction of sp³-hybridized carbons (Fsp3) is 0.227. The number of thiazole rings is 1. The van der Waals surface area contributed by atoms with Gasteiger partial charge in [0.1, 0.15) is 6.04 Å². The average molecular weight is 473 g/mol. The number of amides is 2. The minimum Gasteiger partial charge on any atom is -0.340 e. The molecule has 0 fully saturated rings. The van der Waals surface area contributed by atoms with Gasteiger partial charge in [-0.15, -0.1) is 11.3 Å². The van der Waals surface area contributed by atoms with Crippen molar-refractivity contribution in [2.24, 2.45) is 5.92 Å². The van der Waals surface area contributed by atoms with Crippen molar-refractivity contribution in [1.82, 2.24) is 10.3 Å². The molecular formula is C22H24N4O4S2. The Hall–Kier alpha value is -3.24. The summed E-state index contributed by atoms with van der Waals surface area (Å²) in [5.74, 6) is -0.888. The van der Waals surface area contributed by atoms with Crippen molar-refractivity contribution in [1.29, 1.82) is 0 Å². The van der Waals surface area contributed by atoms with Crippen LogP contribution in [-0.4, -0.2) is 31.3 Å². The highest BCUT2D eigenvalue weighted by Crippen LogP contribution is 2.20. The molecule has 2 aromatic carbocycles. The minimum absolute atomic E-state index is 0.0406. The summed E-state index contributed by atoms with van der Waals surface area (Å²) < 4.78 is 27.3. The summed E-state index contributed by atoms with van der Waals surface area (Å²) in [6, 6.07) is 12.1. The van der Waals surface area contributed by atoms with Crippen LogP contribution in [0.2, 0.25) is 0 Å². The van der Waals surface area contributed by atoms with Gasteiger partial charge in [0.25, 0.3) is 15.9 Å². The van der Waals surface area contributed by atoms with E-state index in [4.69, 9.17) is 0 Å². The number of aryl methyl sites for hydroxylation is 1. The number of sulfonamides is 1. The molecule has 8 nitrogen and oxygen atoms in total. The van der Waals surface area contributed by atoms with Gasteiger partial charge >= 0.3 is 0 Å². The molecule has 0 aliphatic heterocycles. The summed E-state index contributed by atoms with van der Waals surface area (Å²) in [6.45, 7) is 5.56. The van der Waals surface area contributed by atoms with Crippen LogP contribution in [-0.2, 0) is 14.8 Å². The van der Waals surface area contributed by atoms with E-state index in [1.807, 2.05) is 26.8 Å². The lowest BCUT2D eigenvalue weighted by atomic mass is 10.0. The number of rotatable bonds is 8. The molecule has 2 amide bonds. The molecule has 3 rings (SSSR count). The number of nitrogens with one attached hydrogen (secondary N) is 3. The van der Waals surface area contributed by atoms with Crippen molar-refractivity contribution in [3.8, 4) is 0 Å². The largest absolute Gasteiger partial charge is 0.340 e. The number of hydrogen-bond acceptors (Lipinski definition) is 6. The van der Waals surface area contributed by atoms with Gasteiger partial charge < -0.3 is 10.6 Å². The van der Waals surface area contributed by atoms with Crippen LogP contribution in [0.4, 0.5) is 10.8 Å². The van der Waals surface area contributed by atoms with Gasteiger partial charge in [-0.2, -0.15) is 0 Å². The fourth-order valence-corrected chi connectivity index (χ4v) is 4.72. The Labute approximate surface area is 191 Å². The Morgan fingerprint density at radius 2 is 1.78 bits per heavy atom. The van der Waals surface area contributed by atoms with Gasteiger partial charge in [-0.1, -0.05) is 31.5 Å². The van der Waals surface area contributed by atoms with E-state index in [-0.39, 0.29) is 21.9 Å². The van der Waals surface area contributed by atoms with Gasteiger partial charge in [-0.05, 0) is 49.2 Å². The Kier molecular flexibility index (Phi) is 7.26. The topological polar surface area (TPSA) is 117 Å². The highest BCUT2D eigenvalue weighted by atomic mass is 32.2. The first kappa shape index (κ1) is 23.4. The fourth-order valence-electron chi connectivity index (χ4n) is 2.93. The molecule has 1 atom stereocenters. The molecule has 3 aromatic rings. The number of nitrogens with zero attached hydrogens (tertiary/aromatic N) is 1. The van der Waals surface area contributed by atoms with E-state index in [0.29, 0.717) is 11.3 Å². The molecule has 168 valence electrons. The molecule has 0 aliphatic carbocycles. The maximum Gasteiger partial charge on any atom is 0.263 e. The molecule has 1 aromatic heterocycles. The summed E-state index contributed by atoms with van der Waals surface area (Å²) in [6.07, 6.45) is 1.50. The molecule has 0 radical (unpaired) electrons. The Morgan fingerprint density at radius 1 is 1.06 bits per heavy atom. The number of carbonyl (C=O) groups is 2. The number of aromatic nitrogens is 1. The first-order valence-corrected chi connectivity index (χ1v) is 12.2. The summed E-state index contributed by atoms with van der Waals surface area (Å²) in [7, 11) is -3.78. The average Bonchev–Trinajstić information content (AvgIpc) is 3.24. The van der Waals surface area contributed by atoms with Crippen LogP contribution in [0.1, 0.15) is 29.8 Å². The molecule has 0 bridgehead atoms. The van der Waals surface area contributed by atoms with Gasteiger partial charge in [0.05, 0.1) is 4.90 Å². The van der Waals surface area contributed by atoms with E-state index in [9.17, 15) is 18.0 Å². The molecule has 1 heterocycles. The summed E-state index contributed by atoms with van der Waals surface area (Å²) in [4.78, 5) is 29.4. The summed E-state index contributed by atoms with van der Waals surface area (Å²) in [5.41, 5.74) is 1.84. The maximum absolute atomic E-state index is 12.8. The molecule has 0 unspecified atom stereocenters. The number of anilines is 2. The zero-order chi connectivity index (χ0) is 23.3. The van der Waals surface area contributed by atoms with E-state index in [0.717, 1.165) is 5.56 Å². The molecular weight excluding hydrogens is 448 g/mol.